The van der Waals surface area contributed by atoms with Crippen LogP contribution < -0.4 is 15.5 Å². The molecule has 2 N–H and O–H groups in total. The van der Waals surface area contributed by atoms with Gasteiger partial charge in [0.2, 0.25) is 0 Å². The number of rotatable bonds is 7. The predicted molar refractivity (Wildman–Crippen MR) is 123 cm³/mol. The van der Waals surface area contributed by atoms with Crippen molar-refractivity contribution in [1.29, 1.82) is 0 Å². The summed E-state index contributed by atoms with van der Waals surface area (Å²) in [6, 6.07) is 7.14. The lowest BCUT2D eigenvalue weighted by molar-refractivity contribution is -0.136. The summed E-state index contributed by atoms with van der Waals surface area (Å²) >= 11 is 1.33. The molecule has 0 aliphatic heterocycles. The number of hydrogen-bond acceptors (Lipinski definition) is 7. The van der Waals surface area contributed by atoms with Crippen molar-refractivity contribution in [2.24, 2.45) is 11.0 Å². The van der Waals surface area contributed by atoms with Gasteiger partial charge < -0.3 is 14.8 Å². The lowest BCUT2D eigenvalue weighted by Gasteiger charge is -2.18. The third kappa shape index (κ3) is 5.73. The van der Waals surface area contributed by atoms with Gasteiger partial charge in [-0.1, -0.05) is 6.92 Å². The molecule has 1 aliphatic carbocycles. The maximum Gasteiger partial charge on any atom is 0.341 e. The zero-order chi connectivity index (χ0) is 23.1. The predicted octanol–water partition coefficient (Wildman–Crippen LogP) is 3.54. The van der Waals surface area contributed by atoms with Crippen molar-refractivity contribution in [3.05, 3.63) is 45.8 Å². The molecular weight excluding hydrogens is 430 g/mol. The largest absolute Gasteiger partial charge is 0.494 e. The maximum atomic E-state index is 12.5. The van der Waals surface area contributed by atoms with Gasteiger partial charge in [-0.15, -0.1) is 11.3 Å². The number of nitrogens with zero attached hydrogens (tertiary/aromatic N) is 1. The van der Waals surface area contributed by atoms with Gasteiger partial charge in [0.1, 0.15) is 10.8 Å². The van der Waals surface area contributed by atoms with E-state index in [2.05, 4.69) is 22.8 Å². The fourth-order valence-corrected chi connectivity index (χ4v) is 4.84. The third-order valence-electron chi connectivity index (χ3n) is 5.00. The van der Waals surface area contributed by atoms with E-state index in [9.17, 15) is 14.4 Å². The first-order valence-corrected chi connectivity index (χ1v) is 11.4. The molecule has 0 bridgehead atoms. The fourth-order valence-electron chi connectivity index (χ4n) is 3.45. The Hall–Kier alpha value is -3.20. The molecule has 32 heavy (non-hydrogen) atoms. The second kappa shape index (κ2) is 10.9. The highest BCUT2D eigenvalue weighted by atomic mass is 32.1. The molecule has 3 rings (SSSR count). The minimum absolute atomic E-state index is 0.230. The first-order chi connectivity index (χ1) is 15.4. The van der Waals surface area contributed by atoms with Crippen LogP contribution in [0.4, 0.5) is 5.00 Å². The van der Waals surface area contributed by atoms with Gasteiger partial charge in [0.25, 0.3) is 0 Å². The molecule has 170 valence electrons. The third-order valence-corrected chi connectivity index (χ3v) is 6.17. The van der Waals surface area contributed by atoms with Crippen LogP contribution in [0.25, 0.3) is 0 Å². The molecule has 8 nitrogen and oxygen atoms in total. The second-order valence-corrected chi connectivity index (χ2v) is 8.54. The van der Waals surface area contributed by atoms with E-state index in [0.717, 1.165) is 41.0 Å². The number of thiophene rings is 1. The molecule has 1 aromatic carbocycles. The average Bonchev–Trinajstić information content (AvgIpc) is 3.12. The number of carbonyl (C=O) groups excluding carboxylic acids is 3. The van der Waals surface area contributed by atoms with Gasteiger partial charge in [-0.25, -0.2) is 10.2 Å². The standard InChI is InChI=1S/C23H27N3O5S/c1-4-30-16-9-7-15(8-10-16)13-24-26-21(28)20(27)25-22-19(23(29)31-5-2)17-11-6-14(3)12-18(17)32-22/h7-10,13-14H,4-6,11-12H2,1-3H3,(H,25,27)(H,26,28)/b24-13-/t14-/m0/s1. The number of anilines is 1. The first kappa shape index (κ1) is 23.5. The minimum atomic E-state index is -0.929. The lowest BCUT2D eigenvalue weighted by Crippen LogP contribution is -2.32. The monoisotopic (exact) mass is 457 g/mol. The number of benzene rings is 1. The van der Waals surface area contributed by atoms with Crippen LogP contribution in [0, 0.1) is 5.92 Å². The summed E-state index contributed by atoms with van der Waals surface area (Å²) < 4.78 is 10.6. The van der Waals surface area contributed by atoms with Gasteiger partial charge >= 0.3 is 17.8 Å². The lowest BCUT2D eigenvalue weighted by atomic mass is 9.88. The molecule has 0 unspecified atom stereocenters. The molecular formula is C23H27N3O5S. The van der Waals surface area contributed by atoms with Crippen molar-refractivity contribution in [3.8, 4) is 5.75 Å². The number of ether oxygens (including phenoxy) is 2. The Balaban J connectivity index is 1.66. The highest BCUT2D eigenvalue weighted by molar-refractivity contribution is 7.17. The highest BCUT2D eigenvalue weighted by Gasteiger charge is 2.30. The minimum Gasteiger partial charge on any atom is -0.494 e. The van der Waals surface area contributed by atoms with Crippen molar-refractivity contribution >= 4 is 40.3 Å². The van der Waals surface area contributed by atoms with Crippen molar-refractivity contribution in [3.63, 3.8) is 0 Å². The van der Waals surface area contributed by atoms with Crippen LogP contribution in [0.15, 0.2) is 29.4 Å². The van der Waals surface area contributed by atoms with Crippen LogP contribution in [-0.4, -0.2) is 37.2 Å². The SMILES string of the molecule is CCOC(=O)c1c(NC(=O)C(=O)N/N=C\c2ccc(OCC)cc2)sc2c1CC[C@H](C)C2. The first-order valence-electron chi connectivity index (χ1n) is 10.6. The van der Waals surface area contributed by atoms with Crippen molar-refractivity contribution in [2.45, 2.75) is 40.0 Å². The Morgan fingerprint density at radius 1 is 1.16 bits per heavy atom. The van der Waals surface area contributed by atoms with Crippen LogP contribution in [0.1, 0.15) is 53.6 Å². The number of carbonyl (C=O) groups is 3. The van der Waals surface area contributed by atoms with Crippen molar-refractivity contribution in [2.75, 3.05) is 18.5 Å². The summed E-state index contributed by atoms with van der Waals surface area (Å²) in [6.45, 7) is 6.59. The van der Waals surface area contributed by atoms with E-state index in [1.807, 2.05) is 6.92 Å². The molecule has 2 aromatic rings. The van der Waals surface area contributed by atoms with E-state index in [0.29, 0.717) is 23.1 Å². The zero-order valence-electron chi connectivity index (χ0n) is 18.4. The van der Waals surface area contributed by atoms with Gasteiger partial charge in [-0.2, -0.15) is 5.10 Å². The quantitative estimate of drug-likeness (QED) is 0.286. The van der Waals surface area contributed by atoms with Crippen LogP contribution in [-0.2, 0) is 27.2 Å². The highest BCUT2D eigenvalue weighted by Crippen LogP contribution is 2.40. The van der Waals surface area contributed by atoms with Crippen molar-refractivity contribution < 1.29 is 23.9 Å². The van der Waals surface area contributed by atoms with E-state index in [1.54, 1.807) is 31.2 Å². The second-order valence-electron chi connectivity index (χ2n) is 7.43. The van der Waals surface area contributed by atoms with Crippen LogP contribution in [0.2, 0.25) is 0 Å². The van der Waals surface area contributed by atoms with Gasteiger partial charge in [0.05, 0.1) is 25.0 Å². The summed E-state index contributed by atoms with van der Waals surface area (Å²) in [5.74, 6) is -1.07. The molecule has 0 spiro atoms. The summed E-state index contributed by atoms with van der Waals surface area (Å²) in [4.78, 5) is 38.2. The summed E-state index contributed by atoms with van der Waals surface area (Å²) in [7, 11) is 0. The van der Waals surface area contributed by atoms with Gasteiger partial charge in [-0.3, -0.25) is 9.59 Å². The van der Waals surface area contributed by atoms with E-state index < -0.39 is 17.8 Å². The molecule has 1 atom stereocenters. The van der Waals surface area contributed by atoms with Gasteiger partial charge in [0.15, 0.2) is 0 Å². The van der Waals surface area contributed by atoms with Gasteiger partial charge in [-0.05, 0) is 74.4 Å². The number of esters is 1. The van der Waals surface area contributed by atoms with E-state index in [4.69, 9.17) is 9.47 Å². The normalized spacial score (nSPS) is 15.2. The molecule has 0 saturated carbocycles. The molecule has 0 saturated heterocycles. The zero-order valence-corrected chi connectivity index (χ0v) is 19.2. The fraction of sp³-hybridized carbons (Fsp3) is 0.391. The number of hydrogen-bond donors (Lipinski definition) is 2. The molecule has 1 aromatic heterocycles. The number of amides is 2. The number of fused-ring (bicyclic) bond motifs is 1. The van der Waals surface area contributed by atoms with Gasteiger partial charge in [0, 0.05) is 4.88 Å². The molecule has 0 fully saturated rings. The number of hydrazone groups is 1. The maximum absolute atomic E-state index is 12.5. The van der Waals surface area contributed by atoms with Crippen LogP contribution >= 0.6 is 11.3 Å². The van der Waals surface area contributed by atoms with Crippen LogP contribution in [0.5, 0.6) is 5.75 Å². The molecule has 1 heterocycles. The Bertz CT molecular complexity index is 1010. The molecule has 0 radical (unpaired) electrons. The number of nitrogens with one attached hydrogen (secondary N) is 2. The van der Waals surface area contributed by atoms with Crippen molar-refractivity contribution in [1.82, 2.24) is 5.43 Å². The Morgan fingerprint density at radius 2 is 1.91 bits per heavy atom. The Morgan fingerprint density at radius 3 is 2.59 bits per heavy atom. The van der Waals surface area contributed by atoms with Crippen LogP contribution in [0.3, 0.4) is 0 Å². The van der Waals surface area contributed by atoms with E-state index >= 15 is 0 Å². The summed E-state index contributed by atoms with van der Waals surface area (Å²) in [5, 5.41) is 6.74. The smallest absolute Gasteiger partial charge is 0.341 e. The molecule has 9 heteroatoms. The average molecular weight is 458 g/mol. The topological polar surface area (TPSA) is 106 Å². The summed E-state index contributed by atoms with van der Waals surface area (Å²) in [6.07, 6.45) is 3.97. The van der Waals surface area contributed by atoms with E-state index in [1.165, 1.54) is 17.6 Å². The molecule has 1 aliphatic rings. The van der Waals surface area contributed by atoms with E-state index in [-0.39, 0.29) is 6.61 Å². The Kier molecular flexibility index (Phi) is 7.99. The Labute approximate surface area is 191 Å². The molecule has 2 amide bonds. The summed E-state index contributed by atoms with van der Waals surface area (Å²) in [5.41, 5.74) is 4.22.